The van der Waals surface area contributed by atoms with Crippen LogP contribution in [0.2, 0.25) is 0 Å². The summed E-state index contributed by atoms with van der Waals surface area (Å²) >= 11 is 1.39. The van der Waals surface area contributed by atoms with Crippen LogP contribution in [0.15, 0.2) is 29.4 Å². The number of carbonyl (C=O) groups is 1. The molecule has 134 valence electrons. The highest BCUT2D eigenvalue weighted by Gasteiger charge is 2.16. The molecule has 1 aromatic carbocycles. The van der Waals surface area contributed by atoms with Gasteiger partial charge in [0.15, 0.2) is 5.82 Å². The Bertz CT molecular complexity index is 679. The SMILES string of the molecule is COc1ccc(-c2nc(SCC(=O)N3CCCCCCC3)n[nH]2)cc1. The molecule has 6 nitrogen and oxygen atoms in total. The fourth-order valence-electron chi connectivity index (χ4n) is 2.90. The average Bonchev–Trinajstić information content (AvgIpc) is 3.08. The first-order chi connectivity index (χ1) is 12.3. The van der Waals surface area contributed by atoms with E-state index in [1.807, 2.05) is 29.2 Å². The smallest absolute Gasteiger partial charge is 0.233 e. The number of amides is 1. The molecular weight excluding hydrogens is 336 g/mol. The first kappa shape index (κ1) is 17.8. The van der Waals surface area contributed by atoms with Gasteiger partial charge in [0.1, 0.15) is 5.75 Å². The Hall–Kier alpha value is -2.02. The van der Waals surface area contributed by atoms with Crippen molar-refractivity contribution in [3.8, 4) is 17.1 Å². The van der Waals surface area contributed by atoms with Crippen molar-refractivity contribution in [2.75, 3.05) is 26.0 Å². The molecule has 2 heterocycles. The molecule has 1 fully saturated rings. The lowest BCUT2D eigenvalue weighted by molar-refractivity contribution is -0.128. The summed E-state index contributed by atoms with van der Waals surface area (Å²) in [6.07, 6.45) is 5.96. The molecule has 0 bridgehead atoms. The third-order valence-corrected chi connectivity index (χ3v) is 5.19. The van der Waals surface area contributed by atoms with Gasteiger partial charge >= 0.3 is 0 Å². The molecule has 0 unspecified atom stereocenters. The molecule has 1 aliphatic heterocycles. The molecule has 2 aromatic rings. The maximum atomic E-state index is 12.4. The third-order valence-electron chi connectivity index (χ3n) is 4.36. The van der Waals surface area contributed by atoms with E-state index in [-0.39, 0.29) is 5.91 Å². The van der Waals surface area contributed by atoms with Gasteiger partial charge in [0.2, 0.25) is 11.1 Å². The minimum atomic E-state index is 0.183. The van der Waals surface area contributed by atoms with E-state index in [1.54, 1.807) is 7.11 Å². The van der Waals surface area contributed by atoms with Crippen LogP contribution in [0.3, 0.4) is 0 Å². The standard InChI is InChI=1S/C18H24N4O2S/c1-24-15-9-7-14(8-10-15)17-19-18(21-20-17)25-13-16(23)22-11-5-3-2-4-6-12-22/h7-10H,2-6,11-13H2,1H3,(H,19,20,21). The number of hydrogen-bond donors (Lipinski definition) is 1. The number of ether oxygens (including phenoxy) is 1. The van der Waals surface area contributed by atoms with Crippen molar-refractivity contribution >= 4 is 17.7 Å². The molecule has 0 radical (unpaired) electrons. The largest absolute Gasteiger partial charge is 0.497 e. The normalized spacial score (nSPS) is 15.5. The second kappa shape index (κ2) is 8.89. The number of rotatable bonds is 5. The van der Waals surface area contributed by atoms with Crippen LogP contribution >= 0.6 is 11.8 Å². The van der Waals surface area contributed by atoms with E-state index >= 15 is 0 Å². The number of likely N-dealkylation sites (tertiary alicyclic amines) is 1. The summed E-state index contributed by atoms with van der Waals surface area (Å²) < 4.78 is 5.16. The van der Waals surface area contributed by atoms with Crippen LogP contribution in [0.4, 0.5) is 0 Å². The number of nitrogens with one attached hydrogen (secondary N) is 1. The van der Waals surface area contributed by atoms with E-state index in [9.17, 15) is 4.79 Å². The molecule has 0 saturated carbocycles. The number of benzene rings is 1. The quantitative estimate of drug-likeness (QED) is 0.828. The zero-order valence-electron chi connectivity index (χ0n) is 14.5. The van der Waals surface area contributed by atoms with Crippen molar-refractivity contribution in [3.05, 3.63) is 24.3 Å². The molecule has 1 aromatic heterocycles. The predicted octanol–water partition coefficient (Wildman–Crippen LogP) is 3.37. The van der Waals surface area contributed by atoms with Gasteiger partial charge in [-0.05, 0) is 37.1 Å². The van der Waals surface area contributed by atoms with Crippen LogP contribution in [0.25, 0.3) is 11.4 Å². The summed E-state index contributed by atoms with van der Waals surface area (Å²) in [6, 6.07) is 7.63. The maximum Gasteiger partial charge on any atom is 0.233 e. The minimum Gasteiger partial charge on any atom is -0.497 e. The van der Waals surface area contributed by atoms with E-state index in [0.717, 1.165) is 37.2 Å². The van der Waals surface area contributed by atoms with Gasteiger partial charge in [-0.1, -0.05) is 31.0 Å². The van der Waals surface area contributed by atoms with Crippen molar-refractivity contribution < 1.29 is 9.53 Å². The number of nitrogens with zero attached hydrogens (tertiary/aromatic N) is 3. The van der Waals surface area contributed by atoms with E-state index in [0.29, 0.717) is 16.7 Å². The van der Waals surface area contributed by atoms with Crippen LogP contribution in [0.1, 0.15) is 32.1 Å². The number of H-pyrrole nitrogens is 1. The van der Waals surface area contributed by atoms with Gasteiger partial charge in [0.05, 0.1) is 12.9 Å². The van der Waals surface area contributed by atoms with Crippen LogP contribution < -0.4 is 4.74 Å². The molecule has 3 rings (SSSR count). The molecule has 7 heteroatoms. The monoisotopic (exact) mass is 360 g/mol. The molecule has 0 atom stereocenters. The maximum absolute atomic E-state index is 12.4. The molecule has 1 amide bonds. The third kappa shape index (κ3) is 4.98. The molecule has 0 aliphatic carbocycles. The number of thioether (sulfide) groups is 1. The van der Waals surface area contributed by atoms with Gasteiger partial charge in [-0.2, -0.15) is 0 Å². The summed E-state index contributed by atoms with van der Waals surface area (Å²) in [5.41, 5.74) is 0.940. The lowest BCUT2D eigenvalue weighted by atomic mass is 10.1. The number of carbonyl (C=O) groups excluding carboxylic acids is 1. The Balaban J connectivity index is 1.54. The second-order valence-corrected chi connectivity index (χ2v) is 7.07. The van der Waals surface area contributed by atoms with Gasteiger partial charge < -0.3 is 9.64 Å². The molecule has 25 heavy (non-hydrogen) atoms. The second-order valence-electron chi connectivity index (χ2n) is 6.13. The summed E-state index contributed by atoms with van der Waals surface area (Å²) in [5.74, 6) is 2.07. The highest BCUT2D eigenvalue weighted by atomic mass is 32.2. The molecule has 1 N–H and O–H groups in total. The lowest BCUT2D eigenvalue weighted by Crippen LogP contribution is -2.35. The molecule has 0 spiro atoms. The Labute approximate surface area is 152 Å². The van der Waals surface area contributed by atoms with Gasteiger partial charge in [-0.25, -0.2) is 4.98 Å². The summed E-state index contributed by atoms with van der Waals surface area (Å²) in [6.45, 7) is 1.76. The van der Waals surface area contributed by atoms with Crippen molar-refractivity contribution in [3.63, 3.8) is 0 Å². The zero-order valence-corrected chi connectivity index (χ0v) is 15.3. The number of hydrogen-bond acceptors (Lipinski definition) is 5. The fraction of sp³-hybridized carbons (Fsp3) is 0.500. The van der Waals surface area contributed by atoms with Crippen LogP contribution in [-0.4, -0.2) is 51.9 Å². The van der Waals surface area contributed by atoms with E-state index < -0.39 is 0 Å². The van der Waals surface area contributed by atoms with E-state index in [4.69, 9.17) is 4.74 Å². The highest BCUT2D eigenvalue weighted by molar-refractivity contribution is 7.99. The highest BCUT2D eigenvalue weighted by Crippen LogP contribution is 2.22. The van der Waals surface area contributed by atoms with Crippen molar-refractivity contribution in [1.29, 1.82) is 0 Å². The van der Waals surface area contributed by atoms with Crippen molar-refractivity contribution in [1.82, 2.24) is 20.1 Å². The predicted molar refractivity (Wildman–Crippen MR) is 98.8 cm³/mol. The van der Waals surface area contributed by atoms with Gasteiger partial charge in [0.25, 0.3) is 0 Å². The van der Waals surface area contributed by atoms with Crippen LogP contribution in [-0.2, 0) is 4.79 Å². The molecule has 1 aliphatic rings. The molecular formula is C18H24N4O2S. The summed E-state index contributed by atoms with van der Waals surface area (Å²) in [7, 11) is 1.64. The van der Waals surface area contributed by atoms with E-state index in [1.165, 1.54) is 31.0 Å². The number of methoxy groups -OCH3 is 1. The number of aromatic nitrogens is 3. The van der Waals surface area contributed by atoms with Crippen molar-refractivity contribution in [2.45, 2.75) is 37.3 Å². The Morgan fingerprint density at radius 3 is 2.52 bits per heavy atom. The number of aromatic amines is 1. The van der Waals surface area contributed by atoms with Crippen molar-refractivity contribution in [2.24, 2.45) is 0 Å². The van der Waals surface area contributed by atoms with Gasteiger partial charge in [0, 0.05) is 18.7 Å². The summed E-state index contributed by atoms with van der Waals surface area (Å²) in [5, 5.41) is 7.75. The first-order valence-corrected chi connectivity index (χ1v) is 9.72. The van der Waals surface area contributed by atoms with Gasteiger partial charge in [-0.3, -0.25) is 9.89 Å². The lowest BCUT2D eigenvalue weighted by Gasteiger charge is -2.24. The Morgan fingerprint density at radius 2 is 1.84 bits per heavy atom. The topological polar surface area (TPSA) is 71.1 Å². The zero-order chi connectivity index (χ0) is 17.5. The Morgan fingerprint density at radius 1 is 1.16 bits per heavy atom. The Kier molecular flexibility index (Phi) is 6.33. The fourth-order valence-corrected chi connectivity index (χ4v) is 3.60. The van der Waals surface area contributed by atoms with Crippen LogP contribution in [0.5, 0.6) is 5.75 Å². The van der Waals surface area contributed by atoms with Crippen LogP contribution in [0, 0.1) is 0 Å². The molecule has 1 saturated heterocycles. The van der Waals surface area contributed by atoms with Gasteiger partial charge in [-0.15, -0.1) is 5.10 Å². The first-order valence-electron chi connectivity index (χ1n) is 8.73. The summed E-state index contributed by atoms with van der Waals surface area (Å²) in [4.78, 5) is 18.9. The average molecular weight is 360 g/mol. The minimum absolute atomic E-state index is 0.183. The van der Waals surface area contributed by atoms with E-state index in [2.05, 4.69) is 15.2 Å².